The summed E-state index contributed by atoms with van der Waals surface area (Å²) in [5.41, 5.74) is 0. The maximum absolute atomic E-state index is 11.2. The van der Waals surface area contributed by atoms with Gasteiger partial charge >= 0.3 is 5.97 Å². The molecule has 88 valence electrons. The summed E-state index contributed by atoms with van der Waals surface area (Å²) < 4.78 is 0. The topological polar surface area (TPSA) is 69.6 Å². The van der Waals surface area contributed by atoms with Crippen LogP contribution in [-0.2, 0) is 9.59 Å². The molecule has 0 aromatic heterocycles. The van der Waals surface area contributed by atoms with Crippen molar-refractivity contribution < 1.29 is 14.7 Å². The van der Waals surface area contributed by atoms with Gasteiger partial charge in [-0.15, -0.1) is 0 Å². The molecule has 0 aliphatic carbocycles. The third-order valence-electron chi connectivity index (χ3n) is 2.11. The molecule has 1 amide bonds. The van der Waals surface area contributed by atoms with E-state index in [0.717, 1.165) is 0 Å². The van der Waals surface area contributed by atoms with Crippen LogP contribution in [0, 0.1) is 5.92 Å². The minimum atomic E-state index is -0.822. The number of hydrogen-bond acceptors (Lipinski definition) is 3. The lowest BCUT2D eigenvalue weighted by molar-refractivity contribution is -0.141. The van der Waals surface area contributed by atoms with E-state index in [1.165, 1.54) is 0 Å². The predicted octanol–water partition coefficient (Wildman–Crippen LogP) is 0.165. The summed E-state index contributed by atoms with van der Waals surface area (Å²) >= 11 is 0. The summed E-state index contributed by atoms with van der Waals surface area (Å²) in [6, 6.07) is 0. The second-order valence-electron chi connectivity index (χ2n) is 3.93. The Morgan fingerprint density at radius 2 is 2.00 bits per heavy atom. The highest BCUT2D eigenvalue weighted by molar-refractivity contribution is 5.76. The highest BCUT2D eigenvalue weighted by atomic mass is 16.4. The van der Waals surface area contributed by atoms with E-state index in [-0.39, 0.29) is 5.91 Å². The van der Waals surface area contributed by atoms with Crippen LogP contribution in [0.15, 0.2) is 0 Å². The van der Waals surface area contributed by atoms with Gasteiger partial charge < -0.3 is 15.3 Å². The molecule has 0 aliphatic rings. The van der Waals surface area contributed by atoms with Crippen molar-refractivity contribution >= 4 is 11.9 Å². The van der Waals surface area contributed by atoms with Gasteiger partial charge in [0.25, 0.3) is 0 Å². The molecule has 1 atom stereocenters. The van der Waals surface area contributed by atoms with Crippen LogP contribution in [0.3, 0.4) is 0 Å². The first-order chi connectivity index (χ1) is 6.93. The Balaban J connectivity index is 3.51. The smallest absolute Gasteiger partial charge is 0.306 e. The number of aliphatic carboxylic acids is 1. The van der Waals surface area contributed by atoms with E-state index in [9.17, 15) is 9.59 Å². The van der Waals surface area contributed by atoms with Gasteiger partial charge in [0.15, 0.2) is 0 Å². The molecule has 1 unspecified atom stereocenters. The second kappa shape index (κ2) is 7.23. The molecular weight excluding hydrogens is 196 g/mol. The quantitative estimate of drug-likeness (QED) is 0.636. The van der Waals surface area contributed by atoms with Crippen LogP contribution in [-0.4, -0.2) is 49.1 Å². The predicted molar refractivity (Wildman–Crippen MR) is 57.6 cm³/mol. The van der Waals surface area contributed by atoms with Crippen molar-refractivity contribution in [1.82, 2.24) is 10.2 Å². The first-order valence-electron chi connectivity index (χ1n) is 5.07. The minimum absolute atomic E-state index is 0.0266. The summed E-state index contributed by atoms with van der Waals surface area (Å²) in [7, 11) is 3.81. The fourth-order valence-electron chi connectivity index (χ4n) is 0.965. The molecule has 5 nitrogen and oxygen atoms in total. The number of nitrogens with zero attached hydrogens (tertiary/aromatic N) is 1. The molecule has 0 radical (unpaired) electrons. The van der Waals surface area contributed by atoms with Gasteiger partial charge in [0.1, 0.15) is 0 Å². The molecule has 0 saturated carbocycles. The normalized spacial score (nSPS) is 12.5. The molecule has 0 heterocycles. The molecular formula is C10H20N2O3. The lowest BCUT2D eigenvalue weighted by Crippen LogP contribution is -2.29. The van der Waals surface area contributed by atoms with Gasteiger partial charge in [0.2, 0.25) is 5.91 Å². The van der Waals surface area contributed by atoms with Gasteiger partial charge in [-0.2, -0.15) is 0 Å². The molecule has 0 aromatic carbocycles. The maximum Gasteiger partial charge on any atom is 0.306 e. The Labute approximate surface area is 90.5 Å². The van der Waals surface area contributed by atoms with Crippen LogP contribution in [0.4, 0.5) is 0 Å². The third-order valence-corrected chi connectivity index (χ3v) is 2.11. The van der Waals surface area contributed by atoms with E-state index in [1.54, 1.807) is 6.92 Å². The van der Waals surface area contributed by atoms with Crippen LogP contribution >= 0.6 is 0 Å². The van der Waals surface area contributed by atoms with E-state index >= 15 is 0 Å². The van der Waals surface area contributed by atoms with E-state index in [1.807, 2.05) is 19.0 Å². The zero-order valence-electron chi connectivity index (χ0n) is 9.62. The lowest BCUT2D eigenvalue weighted by Gasteiger charge is -2.10. The van der Waals surface area contributed by atoms with Gasteiger partial charge in [0, 0.05) is 19.5 Å². The first kappa shape index (κ1) is 13.9. The molecule has 0 bridgehead atoms. The van der Waals surface area contributed by atoms with Crippen molar-refractivity contribution in [2.75, 3.05) is 27.2 Å². The average molecular weight is 216 g/mol. The number of carbonyl (C=O) groups is 2. The number of amides is 1. The molecule has 5 heteroatoms. The number of carbonyl (C=O) groups excluding carboxylic acids is 1. The Bertz CT molecular complexity index is 217. The van der Waals surface area contributed by atoms with Crippen molar-refractivity contribution in [3.63, 3.8) is 0 Å². The molecule has 0 aromatic rings. The van der Waals surface area contributed by atoms with Gasteiger partial charge in [-0.3, -0.25) is 9.59 Å². The summed E-state index contributed by atoms with van der Waals surface area (Å²) in [5.74, 6) is -1.25. The van der Waals surface area contributed by atoms with Crippen molar-refractivity contribution in [2.24, 2.45) is 5.92 Å². The zero-order chi connectivity index (χ0) is 11.8. The molecule has 15 heavy (non-hydrogen) atoms. The van der Waals surface area contributed by atoms with Crippen LogP contribution < -0.4 is 5.32 Å². The van der Waals surface area contributed by atoms with Crippen molar-refractivity contribution in [1.29, 1.82) is 0 Å². The molecule has 2 N–H and O–H groups in total. The van der Waals surface area contributed by atoms with Gasteiger partial charge in [-0.05, 0) is 20.5 Å². The van der Waals surface area contributed by atoms with E-state index < -0.39 is 11.9 Å². The number of nitrogens with one attached hydrogen (secondary N) is 1. The monoisotopic (exact) mass is 216 g/mol. The summed E-state index contributed by atoms with van der Waals surface area (Å²) in [6.45, 7) is 2.77. The summed E-state index contributed by atoms with van der Waals surface area (Å²) in [6.07, 6.45) is 0.928. The highest BCUT2D eigenvalue weighted by Gasteiger charge is 2.10. The summed E-state index contributed by atoms with van der Waals surface area (Å²) in [5, 5.41) is 11.3. The Kier molecular flexibility index (Phi) is 6.70. The van der Waals surface area contributed by atoms with Gasteiger partial charge in [0.05, 0.1) is 5.92 Å². The average Bonchev–Trinajstić information content (AvgIpc) is 2.14. The Morgan fingerprint density at radius 1 is 1.40 bits per heavy atom. The molecule has 0 saturated heterocycles. The van der Waals surface area contributed by atoms with E-state index in [0.29, 0.717) is 25.9 Å². The number of rotatable bonds is 7. The van der Waals surface area contributed by atoms with E-state index in [2.05, 4.69) is 5.32 Å². The van der Waals surface area contributed by atoms with Crippen LogP contribution in [0.1, 0.15) is 19.8 Å². The van der Waals surface area contributed by atoms with Gasteiger partial charge in [-0.1, -0.05) is 6.92 Å². The lowest BCUT2D eigenvalue weighted by atomic mass is 10.1. The molecule has 0 aliphatic heterocycles. The zero-order valence-corrected chi connectivity index (χ0v) is 9.62. The SMILES string of the molecule is CC(CCNC(=O)CCN(C)C)C(=O)O. The summed E-state index contributed by atoms with van der Waals surface area (Å²) in [4.78, 5) is 23.6. The third kappa shape index (κ3) is 7.93. The number of carboxylic acids is 1. The van der Waals surface area contributed by atoms with Crippen molar-refractivity contribution in [2.45, 2.75) is 19.8 Å². The number of hydrogen-bond donors (Lipinski definition) is 2. The Hall–Kier alpha value is -1.10. The fourth-order valence-corrected chi connectivity index (χ4v) is 0.965. The van der Waals surface area contributed by atoms with Crippen molar-refractivity contribution in [3.05, 3.63) is 0 Å². The molecule has 0 fully saturated rings. The van der Waals surface area contributed by atoms with Crippen LogP contribution in [0.5, 0.6) is 0 Å². The minimum Gasteiger partial charge on any atom is -0.481 e. The van der Waals surface area contributed by atoms with E-state index in [4.69, 9.17) is 5.11 Å². The van der Waals surface area contributed by atoms with Crippen molar-refractivity contribution in [3.8, 4) is 0 Å². The highest BCUT2D eigenvalue weighted by Crippen LogP contribution is 1.99. The molecule has 0 rings (SSSR count). The largest absolute Gasteiger partial charge is 0.481 e. The van der Waals surface area contributed by atoms with Crippen LogP contribution in [0.2, 0.25) is 0 Å². The second-order valence-corrected chi connectivity index (χ2v) is 3.93. The maximum atomic E-state index is 11.2. The standard InChI is InChI=1S/C10H20N2O3/c1-8(10(14)15)4-6-11-9(13)5-7-12(2)3/h8H,4-7H2,1-3H3,(H,11,13)(H,14,15). The van der Waals surface area contributed by atoms with Crippen LogP contribution in [0.25, 0.3) is 0 Å². The Morgan fingerprint density at radius 3 is 2.47 bits per heavy atom. The van der Waals surface area contributed by atoms with Gasteiger partial charge in [-0.25, -0.2) is 0 Å². The fraction of sp³-hybridized carbons (Fsp3) is 0.800. The number of carboxylic acid groups (broad SMARTS) is 1. The molecule has 0 spiro atoms. The first-order valence-corrected chi connectivity index (χ1v) is 5.07.